The molecule has 0 radical (unpaired) electrons. The molecular formula is C14H16O2. The van der Waals surface area contributed by atoms with Crippen LogP contribution in [0.25, 0.3) is 11.0 Å². The molecule has 0 spiro atoms. The maximum atomic E-state index is 5.90. The van der Waals surface area contributed by atoms with Gasteiger partial charge >= 0.3 is 0 Å². The van der Waals surface area contributed by atoms with Crippen LogP contribution in [0.3, 0.4) is 0 Å². The average molecular weight is 216 g/mol. The van der Waals surface area contributed by atoms with Gasteiger partial charge in [0.1, 0.15) is 17.1 Å². The van der Waals surface area contributed by atoms with Crippen LogP contribution in [0, 0.1) is 0 Å². The highest BCUT2D eigenvalue weighted by Crippen LogP contribution is 2.39. The smallest absolute Gasteiger partial charge is 0.135 e. The van der Waals surface area contributed by atoms with E-state index >= 15 is 0 Å². The molecule has 0 N–H and O–H groups in total. The number of aryl methyl sites for hydroxylation is 3. The molecule has 1 aliphatic rings. The zero-order chi connectivity index (χ0) is 11.1. The number of hydrogen-bond acceptors (Lipinski definition) is 2. The Kier molecular flexibility index (Phi) is 2.16. The van der Waals surface area contributed by atoms with Gasteiger partial charge in [-0.1, -0.05) is 6.92 Å². The van der Waals surface area contributed by atoms with Crippen LogP contribution < -0.4 is 4.74 Å². The van der Waals surface area contributed by atoms with Gasteiger partial charge in [-0.15, -0.1) is 0 Å². The molecule has 1 aromatic heterocycles. The molecule has 2 aromatic rings. The van der Waals surface area contributed by atoms with Crippen LogP contribution in [0.4, 0.5) is 0 Å². The number of benzene rings is 1. The van der Waals surface area contributed by atoms with Crippen molar-refractivity contribution in [3.05, 3.63) is 29.0 Å². The first-order chi connectivity index (χ1) is 7.85. The van der Waals surface area contributed by atoms with Crippen molar-refractivity contribution in [3.63, 3.8) is 0 Å². The third-order valence-corrected chi connectivity index (χ3v) is 3.50. The van der Waals surface area contributed by atoms with Crippen LogP contribution in [-0.2, 0) is 19.3 Å². The molecule has 0 saturated heterocycles. The molecule has 0 aliphatic heterocycles. The minimum absolute atomic E-state index is 0.978. The maximum absolute atomic E-state index is 5.90. The first kappa shape index (κ1) is 9.76. The molecule has 0 bridgehead atoms. The zero-order valence-corrected chi connectivity index (χ0v) is 9.80. The molecule has 84 valence electrons. The monoisotopic (exact) mass is 216 g/mol. The van der Waals surface area contributed by atoms with Crippen LogP contribution in [0.1, 0.15) is 30.2 Å². The summed E-state index contributed by atoms with van der Waals surface area (Å²) >= 11 is 0. The standard InChI is InChI=1S/C14H16O2/c1-3-11-9-5-4-6-10-12(15-2)7-8-13(16-11)14(9)10/h7-8H,3-6H2,1-2H3. The predicted molar refractivity (Wildman–Crippen MR) is 64.2 cm³/mol. The molecular weight excluding hydrogens is 200 g/mol. The Balaban J connectivity index is 2.37. The predicted octanol–water partition coefficient (Wildman–Crippen LogP) is 3.49. The summed E-state index contributed by atoms with van der Waals surface area (Å²) in [5, 5.41) is 1.32. The second kappa shape index (κ2) is 3.55. The van der Waals surface area contributed by atoms with Crippen molar-refractivity contribution < 1.29 is 9.15 Å². The van der Waals surface area contributed by atoms with E-state index in [9.17, 15) is 0 Å². The lowest BCUT2D eigenvalue weighted by atomic mass is 9.90. The summed E-state index contributed by atoms with van der Waals surface area (Å²) in [6.45, 7) is 2.15. The van der Waals surface area contributed by atoms with Crippen molar-refractivity contribution in [1.29, 1.82) is 0 Å². The Hall–Kier alpha value is -1.44. The fourth-order valence-electron chi connectivity index (χ4n) is 2.79. The van der Waals surface area contributed by atoms with Crippen molar-refractivity contribution in [2.24, 2.45) is 0 Å². The fraction of sp³-hybridized carbons (Fsp3) is 0.429. The minimum atomic E-state index is 0.978. The average Bonchev–Trinajstić information content (AvgIpc) is 2.70. The molecule has 2 nitrogen and oxygen atoms in total. The molecule has 1 heterocycles. The molecule has 0 saturated carbocycles. The Morgan fingerprint density at radius 2 is 2.06 bits per heavy atom. The largest absolute Gasteiger partial charge is 0.496 e. The van der Waals surface area contributed by atoms with Gasteiger partial charge in [0.15, 0.2) is 0 Å². The van der Waals surface area contributed by atoms with E-state index in [0.29, 0.717) is 0 Å². The van der Waals surface area contributed by atoms with E-state index in [1.165, 1.54) is 22.9 Å². The highest BCUT2D eigenvalue weighted by molar-refractivity contribution is 5.88. The number of rotatable bonds is 2. The van der Waals surface area contributed by atoms with Crippen molar-refractivity contribution in [2.45, 2.75) is 32.6 Å². The Morgan fingerprint density at radius 1 is 1.25 bits per heavy atom. The van der Waals surface area contributed by atoms with Gasteiger partial charge in [0, 0.05) is 22.9 Å². The van der Waals surface area contributed by atoms with Crippen molar-refractivity contribution in [3.8, 4) is 5.75 Å². The number of furan rings is 1. The molecule has 1 aliphatic carbocycles. The Bertz CT molecular complexity index is 535. The fourth-order valence-corrected chi connectivity index (χ4v) is 2.79. The van der Waals surface area contributed by atoms with Crippen LogP contribution in [0.5, 0.6) is 5.75 Å². The Labute approximate surface area is 95.2 Å². The molecule has 2 heteroatoms. The van der Waals surface area contributed by atoms with Gasteiger partial charge in [-0.25, -0.2) is 0 Å². The maximum Gasteiger partial charge on any atom is 0.135 e. The summed E-state index contributed by atoms with van der Waals surface area (Å²) in [4.78, 5) is 0. The van der Waals surface area contributed by atoms with E-state index < -0.39 is 0 Å². The quantitative estimate of drug-likeness (QED) is 0.766. The normalized spacial score (nSPS) is 14.4. The van der Waals surface area contributed by atoms with Crippen LogP contribution >= 0.6 is 0 Å². The molecule has 0 fully saturated rings. The molecule has 3 rings (SSSR count). The summed E-state index contributed by atoms with van der Waals surface area (Å²) in [5.41, 5.74) is 3.78. The third-order valence-electron chi connectivity index (χ3n) is 3.50. The van der Waals surface area contributed by atoms with E-state index in [4.69, 9.17) is 9.15 Å². The summed E-state index contributed by atoms with van der Waals surface area (Å²) in [6, 6.07) is 4.06. The molecule has 16 heavy (non-hydrogen) atoms. The topological polar surface area (TPSA) is 22.4 Å². The lowest BCUT2D eigenvalue weighted by Gasteiger charge is -2.15. The number of ether oxygens (including phenoxy) is 1. The van der Waals surface area contributed by atoms with E-state index in [1.807, 2.05) is 12.1 Å². The van der Waals surface area contributed by atoms with E-state index in [2.05, 4.69) is 6.92 Å². The summed E-state index contributed by atoms with van der Waals surface area (Å²) in [6.07, 6.45) is 4.44. The Morgan fingerprint density at radius 3 is 2.81 bits per heavy atom. The van der Waals surface area contributed by atoms with E-state index in [-0.39, 0.29) is 0 Å². The molecule has 0 amide bonds. The van der Waals surface area contributed by atoms with Crippen LogP contribution in [0.15, 0.2) is 16.5 Å². The van der Waals surface area contributed by atoms with Gasteiger partial charge in [0.2, 0.25) is 0 Å². The number of hydrogen-bond donors (Lipinski definition) is 0. The van der Waals surface area contributed by atoms with Gasteiger partial charge in [-0.05, 0) is 31.4 Å². The van der Waals surface area contributed by atoms with E-state index in [1.54, 1.807) is 7.11 Å². The van der Waals surface area contributed by atoms with Crippen LogP contribution in [0.2, 0.25) is 0 Å². The van der Waals surface area contributed by atoms with Gasteiger partial charge in [0.05, 0.1) is 7.11 Å². The molecule has 1 aromatic carbocycles. The van der Waals surface area contributed by atoms with E-state index in [0.717, 1.165) is 36.4 Å². The van der Waals surface area contributed by atoms with Gasteiger partial charge in [-0.2, -0.15) is 0 Å². The lowest BCUT2D eigenvalue weighted by molar-refractivity contribution is 0.409. The first-order valence-electron chi connectivity index (χ1n) is 5.95. The van der Waals surface area contributed by atoms with Crippen LogP contribution in [-0.4, -0.2) is 7.11 Å². The summed E-state index contributed by atoms with van der Waals surface area (Å²) in [5.74, 6) is 2.17. The highest BCUT2D eigenvalue weighted by Gasteiger charge is 2.22. The SMILES string of the molecule is CCc1oc2ccc(OC)c3c2c1CCC3. The molecule has 0 unspecified atom stereocenters. The van der Waals surface area contributed by atoms with Crippen molar-refractivity contribution in [2.75, 3.05) is 7.11 Å². The van der Waals surface area contributed by atoms with Gasteiger partial charge in [0.25, 0.3) is 0 Å². The first-order valence-corrected chi connectivity index (χ1v) is 5.95. The summed E-state index contributed by atoms with van der Waals surface area (Å²) < 4.78 is 11.3. The molecule has 0 atom stereocenters. The number of methoxy groups -OCH3 is 1. The van der Waals surface area contributed by atoms with Crippen molar-refractivity contribution in [1.82, 2.24) is 0 Å². The van der Waals surface area contributed by atoms with Gasteiger partial charge < -0.3 is 9.15 Å². The summed E-state index contributed by atoms with van der Waals surface area (Å²) in [7, 11) is 1.74. The van der Waals surface area contributed by atoms with Gasteiger partial charge in [-0.3, -0.25) is 0 Å². The second-order valence-corrected chi connectivity index (χ2v) is 4.33. The highest BCUT2D eigenvalue weighted by atomic mass is 16.5. The third kappa shape index (κ3) is 1.19. The zero-order valence-electron chi connectivity index (χ0n) is 9.80. The lowest BCUT2D eigenvalue weighted by Crippen LogP contribution is -2.02. The minimum Gasteiger partial charge on any atom is -0.496 e. The second-order valence-electron chi connectivity index (χ2n) is 4.33. The van der Waals surface area contributed by atoms with Crippen molar-refractivity contribution >= 4 is 11.0 Å².